The van der Waals surface area contributed by atoms with Crippen LogP contribution in [-0.2, 0) is 9.59 Å². The molecule has 0 aliphatic carbocycles. The van der Waals surface area contributed by atoms with Crippen LogP contribution in [0.1, 0.15) is 87.2 Å². The third kappa shape index (κ3) is 11.7. The zero-order valence-corrected chi connectivity index (χ0v) is 23.3. The van der Waals surface area contributed by atoms with Crippen molar-refractivity contribution in [3.8, 4) is 0 Å². The highest BCUT2D eigenvalue weighted by Gasteiger charge is 2.25. The maximum Gasteiger partial charge on any atom is 0.253 e. The summed E-state index contributed by atoms with van der Waals surface area (Å²) >= 11 is 0. The van der Waals surface area contributed by atoms with Gasteiger partial charge in [0, 0.05) is 30.4 Å². The summed E-state index contributed by atoms with van der Waals surface area (Å²) in [5, 5.41) is 5.88. The van der Waals surface area contributed by atoms with Crippen molar-refractivity contribution in [2.45, 2.75) is 78.7 Å². The summed E-state index contributed by atoms with van der Waals surface area (Å²) in [5.74, 6) is 0.275. The Morgan fingerprint density at radius 1 is 1.08 bits per heavy atom. The number of Topliss-reactive ketones (excluding diaryl/α,β-unsaturated/α-hetero) is 1. The molecule has 2 aromatic rings. The van der Waals surface area contributed by atoms with Crippen LogP contribution in [0, 0.1) is 12.7 Å². The molecule has 0 aromatic heterocycles. The summed E-state index contributed by atoms with van der Waals surface area (Å²) in [6, 6.07) is 12.7. The number of likely N-dealkylation sites (tertiary alicyclic amines) is 1. The maximum absolute atomic E-state index is 13.0. The first-order valence-electron chi connectivity index (χ1n) is 13.2. The van der Waals surface area contributed by atoms with Crippen molar-refractivity contribution in [1.29, 1.82) is 0 Å². The van der Waals surface area contributed by atoms with E-state index in [9.17, 15) is 18.8 Å². The molecule has 2 amide bonds. The first-order chi connectivity index (χ1) is 17.7. The third-order valence-corrected chi connectivity index (χ3v) is 6.36. The number of ketones is 1. The predicted octanol–water partition coefficient (Wildman–Crippen LogP) is 6.10. The Bertz CT molecular complexity index is 963. The molecule has 6 nitrogen and oxygen atoms in total. The largest absolute Gasteiger partial charge is 0.339 e. The third-order valence-electron chi connectivity index (χ3n) is 6.36. The van der Waals surface area contributed by atoms with E-state index in [0.29, 0.717) is 36.7 Å². The molecule has 1 fully saturated rings. The van der Waals surface area contributed by atoms with Gasteiger partial charge in [0.25, 0.3) is 5.91 Å². The predicted molar refractivity (Wildman–Crippen MR) is 150 cm³/mol. The molecular formula is C30H44FN3O3. The molecule has 0 radical (unpaired) electrons. The van der Waals surface area contributed by atoms with Crippen LogP contribution in [0.2, 0.25) is 0 Å². The lowest BCUT2D eigenvalue weighted by Gasteiger charge is -2.32. The highest BCUT2D eigenvalue weighted by Crippen LogP contribution is 2.29. The van der Waals surface area contributed by atoms with Gasteiger partial charge in [0.15, 0.2) is 0 Å². The number of amides is 2. The Labute approximate surface area is 222 Å². The minimum atomic E-state index is -0.226. The molecule has 2 N–H and O–H groups in total. The lowest BCUT2D eigenvalue weighted by Crippen LogP contribution is -2.38. The van der Waals surface area contributed by atoms with Crippen LogP contribution in [0.15, 0.2) is 42.5 Å². The molecule has 1 saturated heterocycles. The zero-order valence-electron chi connectivity index (χ0n) is 23.3. The Morgan fingerprint density at radius 3 is 2.14 bits per heavy atom. The first-order valence-corrected chi connectivity index (χ1v) is 13.2. The summed E-state index contributed by atoms with van der Waals surface area (Å²) in [6.07, 6.45) is 6.20. The highest BCUT2D eigenvalue weighted by atomic mass is 19.1. The van der Waals surface area contributed by atoms with Crippen molar-refractivity contribution in [2.24, 2.45) is 0 Å². The Kier molecular flexibility index (Phi) is 15.0. The second kappa shape index (κ2) is 17.4. The van der Waals surface area contributed by atoms with Gasteiger partial charge in [-0.1, -0.05) is 38.5 Å². The molecule has 204 valence electrons. The van der Waals surface area contributed by atoms with Gasteiger partial charge >= 0.3 is 0 Å². The average molecular weight is 514 g/mol. The molecule has 7 heteroatoms. The lowest BCUT2D eigenvalue weighted by molar-refractivity contribution is -0.115. The molecule has 1 heterocycles. The van der Waals surface area contributed by atoms with E-state index in [-0.39, 0.29) is 17.5 Å². The van der Waals surface area contributed by atoms with Crippen LogP contribution in [0.5, 0.6) is 0 Å². The summed E-state index contributed by atoms with van der Waals surface area (Å²) in [5.41, 5.74) is 3.28. The lowest BCUT2D eigenvalue weighted by atomic mass is 9.89. The van der Waals surface area contributed by atoms with Crippen LogP contribution in [0.25, 0.3) is 0 Å². The van der Waals surface area contributed by atoms with Gasteiger partial charge in [-0.05, 0) is 94.8 Å². The average Bonchev–Trinajstić information content (AvgIpc) is 2.89. The van der Waals surface area contributed by atoms with Gasteiger partial charge in [-0.25, -0.2) is 4.39 Å². The molecule has 1 aliphatic heterocycles. The number of rotatable bonds is 8. The van der Waals surface area contributed by atoms with Crippen molar-refractivity contribution in [3.63, 3.8) is 0 Å². The van der Waals surface area contributed by atoms with E-state index in [4.69, 9.17) is 0 Å². The normalized spacial score (nSPS) is 13.9. The molecule has 1 atom stereocenters. The first kappa shape index (κ1) is 32.0. The number of nitrogens with zero attached hydrogens (tertiary/aromatic N) is 1. The monoisotopic (exact) mass is 513 g/mol. The maximum atomic E-state index is 13.0. The van der Waals surface area contributed by atoms with Crippen LogP contribution in [0.3, 0.4) is 0 Å². The number of hydrogen-bond acceptors (Lipinski definition) is 4. The van der Waals surface area contributed by atoms with Crippen LogP contribution < -0.4 is 10.6 Å². The van der Waals surface area contributed by atoms with Crippen molar-refractivity contribution in [1.82, 2.24) is 10.2 Å². The molecule has 0 spiro atoms. The Balaban J connectivity index is 0.000000478. The van der Waals surface area contributed by atoms with E-state index < -0.39 is 0 Å². The topological polar surface area (TPSA) is 78.5 Å². The van der Waals surface area contributed by atoms with E-state index in [1.807, 2.05) is 37.1 Å². The van der Waals surface area contributed by atoms with Crippen molar-refractivity contribution >= 4 is 23.8 Å². The quantitative estimate of drug-likeness (QED) is 0.418. The molecule has 1 aliphatic rings. The zero-order chi connectivity index (χ0) is 27.8. The Hall–Kier alpha value is -3.06. The number of nitrogens with one attached hydrogen (secondary N) is 2. The van der Waals surface area contributed by atoms with Gasteiger partial charge in [0.2, 0.25) is 6.41 Å². The molecule has 37 heavy (non-hydrogen) atoms. The number of halogens is 1. The van der Waals surface area contributed by atoms with E-state index in [1.165, 1.54) is 45.2 Å². The highest BCUT2D eigenvalue weighted by molar-refractivity contribution is 5.96. The second-order valence-electron chi connectivity index (χ2n) is 9.50. The number of benzene rings is 2. The van der Waals surface area contributed by atoms with Gasteiger partial charge in [-0.15, -0.1) is 0 Å². The second-order valence-corrected chi connectivity index (χ2v) is 9.50. The number of carbonyl (C=O) groups excluding carboxylic acids is 3. The van der Waals surface area contributed by atoms with Gasteiger partial charge in [0.1, 0.15) is 11.6 Å². The van der Waals surface area contributed by atoms with E-state index in [0.717, 1.165) is 30.0 Å². The number of piperidine rings is 1. The molecular weight excluding hydrogens is 469 g/mol. The number of aryl methyl sites for hydroxylation is 1. The number of carbonyl (C=O) groups is 3. The summed E-state index contributed by atoms with van der Waals surface area (Å²) in [7, 11) is 2.03. The van der Waals surface area contributed by atoms with Gasteiger partial charge < -0.3 is 20.3 Å². The summed E-state index contributed by atoms with van der Waals surface area (Å²) < 4.78 is 13.0. The minimum Gasteiger partial charge on any atom is -0.339 e. The molecule has 0 bridgehead atoms. The fourth-order valence-corrected chi connectivity index (χ4v) is 4.21. The fraction of sp³-hybridized carbons (Fsp3) is 0.500. The van der Waals surface area contributed by atoms with Crippen molar-refractivity contribution in [3.05, 3.63) is 65.0 Å². The summed E-state index contributed by atoms with van der Waals surface area (Å²) in [6.45, 7) is 10.7. The van der Waals surface area contributed by atoms with Crippen LogP contribution >= 0.6 is 0 Å². The fourth-order valence-electron chi connectivity index (χ4n) is 4.21. The smallest absolute Gasteiger partial charge is 0.253 e. The van der Waals surface area contributed by atoms with Crippen LogP contribution in [-0.4, -0.2) is 49.2 Å². The van der Waals surface area contributed by atoms with Gasteiger partial charge in [0.05, 0.1) is 0 Å². The van der Waals surface area contributed by atoms with E-state index >= 15 is 0 Å². The van der Waals surface area contributed by atoms with E-state index in [1.54, 1.807) is 12.1 Å². The molecule has 1 unspecified atom stereocenters. The van der Waals surface area contributed by atoms with Crippen LogP contribution in [0.4, 0.5) is 10.1 Å². The minimum absolute atomic E-state index is 0.0218. The molecule has 2 aromatic carbocycles. The number of hydrogen-bond donors (Lipinski definition) is 2. The van der Waals surface area contributed by atoms with Gasteiger partial charge in [-0.3, -0.25) is 9.59 Å². The van der Waals surface area contributed by atoms with E-state index in [2.05, 4.69) is 24.5 Å². The SMILES string of the molecule is CC(C)=O.CCCC(CC)NC.Cc1ccc(C(=O)N2CCC(c3ccc(F)cc3)CC2)cc1NC=O. The summed E-state index contributed by atoms with van der Waals surface area (Å²) in [4.78, 5) is 34.7. The standard InChI is InChI=1S/C20H21FN2O2.C7H17N.C3H6O/c1-14-2-3-17(12-19(14)22-13-24)20(25)23-10-8-16(9-11-23)15-4-6-18(21)7-5-15;1-4-6-7(5-2)8-3;1-3(2)4/h2-7,12-13,16H,8-11H2,1H3,(H,22,24);7-8H,4-6H2,1-3H3;1-2H3. The number of anilines is 1. The molecule has 0 saturated carbocycles. The van der Waals surface area contributed by atoms with Crippen molar-refractivity contribution in [2.75, 3.05) is 25.5 Å². The van der Waals surface area contributed by atoms with Gasteiger partial charge in [-0.2, -0.15) is 0 Å². The van der Waals surface area contributed by atoms with Crippen molar-refractivity contribution < 1.29 is 18.8 Å². The Morgan fingerprint density at radius 2 is 1.68 bits per heavy atom. The molecule has 3 rings (SSSR count).